The molecule has 1 aliphatic heterocycles. The molecule has 0 aromatic heterocycles. The maximum Gasteiger partial charge on any atom is 0.296 e. The minimum absolute atomic E-state index is 0.0947. The van der Waals surface area contributed by atoms with Crippen LogP contribution in [0.5, 0.6) is 0 Å². The standard InChI is InChI=1S/C5H12N4O2S2/c6-5(12)7-8-13(10,11)9-3-1-2-4-9/h8H,1-4H2,(H3,6,7,12). The highest BCUT2D eigenvalue weighted by atomic mass is 32.2. The van der Waals surface area contributed by atoms with E-state index in [0.717, 1.165) is 12.8 Å². The van der Waals surface area contributed by atoms with Crippen LogP contribution in [0.2, 0.25) is 0 Å². The Bertz CT molecular complexity index is 283. The average Bonchev–Trinajstić information content (AvgIpc) is 2.53. The average molecular weight is 224 g/mol. The van der Waals surface area contributed by atoms with Crippen molar-refractivity contribution in [1.82, 2.24) is 14.6 Å². The number of nitrogens with two attached hydrogens (primary N) is 1. The molecule has 1 heterocycles. The van der Waals surface area contributed by atoms with Gasteiger partial charge in [-0.05, 0) is 25.1 Å². The molecule has 6 nitrogen and oxygen atoms in total. The number of thiocarbonyl (C=S) groups is 1. The molecule has 0 aliphatic carbocycles. The van der Waals surface area contributed by atoms with Gasteiger partial charge in [-0.3, -0.25) is 5.43 Å². The molecule has 0 saturated carbocycles. The molecular weight excluding hydrogens is 212 g/mol. The molecule has 0 radical (unpaired) electrons. The minimum Gasteiger partial charge on any atom is -0.375 e. The Hall–Kier alpha value is -0.440. The molecule has 1 fully saturated rings. The molecule has 0 bridgehead atoms. The summed E-state index contributed by atoms with van der Waals surface area (Å²) in [5.41, 5.74) is 7.27. The highest BCUT2D eigenvalue weighted by Gasteiger charge is 2.24. The van der Waals surface area contributed by atoms with Crippen LogP contribution in [-0.4, -0.2) is 30.9 Å². The van der Waals surface area contributed by atoms with Crippen molar-refractivity contribution in [2.45, 2.75) is 12.8 Å². The van der Waals surface area contributed by atoms with Gasteiger partial charge >= 0.3 is 0 Å². The summed E-state index contributed by atoms with van der Waals surface area (Å²) in [6, 6.07) is 0. The summed E-state index contributed by atoms with van der Waals surface area (Å²) in [4.78, 5) is 2.08. The van der Waals surface area contributed by atoms with Crippen molar-refractivity contribution < 1.29 is 8.42 Å². The minimum atomic E-state index is -3.45. The third-order valence-electron chi connectivity index (χ3n) is 1.71. The van der Waals surface area contributed by atoms with E-state index in [0.29, 0.717) is 13.1 Å². The highest BCUT2D eigenvalue weighted by Crippen LogP contribution is 2.10. The monoisotopic (exact) mass is 224 g/mol. The summed E-state index contributed by atoms with van der Waals surface area (Å²) in [6.07, 6.45) is 1.79. The van der Waals surface area contributed by atoms with Gasteiger partial charge in [-0.1, -0.05) is 0 Å². The van der Waals surface area contributed by atoms with Crippen molar-refractivity contribution in [3.8, 4) is 0 Å². The largest absolute Gasteiger partial charge is 0.375 e. The normalized spacial score (nSPS) is 18.8. The van der Waals surface area contributed by atoms with Crippen LogP contribution < -0.4 is 16.0 Å². The van der Waals surface area contributed by atoms with E-state index in [1.165, 1.54) is 4.31 Å². The van der Waals surface area contributed by atoms with Gasteiger partial charge in [0.1, 0.15) is 0 Å². The lowest BCUT2D eigenvalue weighted by atomic mass is 10.4. The predicted octanol–water partition coefficient (Wildman–Crippen LogP) is -1.34. The van der Waals surface area contributed by atoms with E-state index in [1.807, 2.05) is 0 Å². The van der Waals surface area contributed by atoms with Crippen LogP contribution in [0.4, 0.5) is 0 Å². The summed E-state index contributed by atoms with van der Waals surface area (Å²) in [6.45, 7) is 1.10. The SMILES string of the molecule is NC(=S)NNS(=O)(=O)N1CCCC1. The first-order valence-corrected chi connectivity index (χ1v) is 5.69. The highest BCUT2D eigenvalue weighted by molar-refractivity contribution is 7.87. The second-order valence-electron chi connectivity index (χ2n) is 2.70. The van der Waals surface area contributed by atoms with Gasteiger partial charge in [0.25, 0.3) is 10.2 Å². The third kappa shape index (κ3) is 3.07. The molecule has 1 saturated heterocycles. The molecule has 0 spiro atoms. The number of hydrogen-bond acceptors (Lipinski definition) is 3. The van der Waals surface area contributed by atoms with Gasteiger partial charge < -0.3 is 5.73 Å². The maximum absolute atomic E-state index is 11.4. The number of hydrazine groups is 1. The van der Waals surface area contributed by atoms with Crippen LogP contribution >= 0.6 is 12.2 Å². The van der Waals surface area contributed by atoms with Crippen LogP contribution in [0.1, 0.15) is 12.8 Å². The molecule has 8 heteroatoms. The Morgan fingerprint density at radius 2 is 1.92 bits per heavy atom. The third-order valence-corrected chi connectivity index (χ3v) is 3.22. The lowest BCUT2D eigenvalue weighted by Crippen LogP contribution is -2.49. The van der Waals surface area contributed by atoms with Crippen molar-refractivity contribution in [2.75, 3.05) is 13.1 Å². The van der Waals surface area contributed by atoms with Gasteiger partial charge in [-0.2, -0.15) is 12.7 Å². The summed E-state index contributed by atoms with van der Waals surface area (Å²) >= 11 is 4.46. The van der Waals surface area contributed by atoms with Crippen molar-refractivity contribution in [2.24, 2.45) is 5.73 Å². The molecule has 0 atom stereocenters. The second-order valence-corrected chi connectivity index (χ2v) is 4.81. The number of rotatable bonds is 3. The van der Waals surface area contributed by atoms with Crippen LogP contribution in [0.25, 0.3) is 0 Å². The Labute approximate surface area is 82.6 Å². The van der Waals surface area contributed by atoms with Crippen LogP contribution in [-0.2, 0) is 10.2 Å². The Kier molecular flexibility index (Phi) is 3.42. The quantitative estimate of drug-likeness (QED) is 0.408. The smallest absolute Gasteiger partial charge is 0.296 e. The fourth-order valence-corrected chi connectivity index (χ4v) is 2.33. The van der Waals surface area contributed by atoms with Gasteiger partial charge in [0.2, 0.25) is 0 Å². The van der Waals surface area contributed by atoms with E-state index >= 15 is 0 Å². The molecule has 0 aromatic carbocycles. The Morgan fingerprint density at radius 3 is 2.38 bits per heavy atom. The van der Waals surface area contributed by atoms with Crippen LogP contribution in [0.15, 0.2) is 0 Å². The van der Waals surface area contributed by atoms with Gasteiger partial charge in [0.05, 0.1) is 0 Å². The fraction of sp³-hybridized carbons (Fsp3) is 0.800. The number of nitrogens with zero attached hydrogens (tertiary/aromatic N) is 1. The van der Waals surface area contributed by atoms with Crippen LogP contribution in [0, 0.1) is 0 Å². The second kappa shape index (κ2) is 4.18. The van der Waals surface area contributed by atoms with Gasteiger partial charge in [0.15, 0.2) is 5.11 Å². The molecule has 76 valence electrons. The van der Waals surface area contributed by atoms with Crippen molar-refractivity contribution >= 4 is 27.5 Å². The molecule has 13 heavy (non-hydrogen) atoms. The van der Waals surface area contributed by atoms with E-state index < -0.39 is 10.2 Å². The number of nitrogens with one attached hydrogen (secondary N) is 2. The van der Waals surface area contributed by atoms with Crippen molar-refractivity contribution in [1.29, 1.82) is 0 Å². The lowest BCUT2D eigenvalue weighted by molar-refractivity contribution is 0.462. The fourth-order valence-electron chi connectivity index (χ4n) is 1.11. The molecular formula is C5H12N4O2S2. The van der Waals surface area contributed by atoms with E-state index in [4.69, 9.17) is 5.73 Å². The summed E-state index contributed by atoms with van der Waals surface area (Å²) in [7, 11) is -3.45. The van der Waals surface area contributed by atoms with E-state index in [2.05, 4.69) is 22.5 Å². The first-order valence-electron chi connectivity index (χ1n) is 3.85. The molecule has 0 amide bonds. The zero-order valence-corrected chi connectivity index (χ0v) is 8.62. The summed E-state index contributed by atoms with van der Waals surface area (Å²) in [5.74, 6) is 0. The molecule has 1 rings (SSSR count). The first kappa shape index (κ1) is 10.6. The summed E-state index contributed by atoms with van der Waals surface area (Å²) in [5, 5.41) is -0.0947. The Balaban J connectivity index is 2.50. The zero-order valence-electron chi connectivity index (χ0n) is 6.99. The van der Waals surface area contributed by atoms with E-state index in [-0.39, 0.29) is 5.11 Å². The van der Waals surface area contributed by atoms with Crippen molar-refractivity contribution in [3.63, 3.8) is 0 Å². The summed E-state index contributed by atoms with van der Waals surface area (Å²) < 4.78 is 24.1. The van der Waals surface area contributed by atoms with Gasteiger partial charge in [-0.25, -0.2) is 0 Å². The van der Waals surface area contributed by atoms with Crippen LogP contribution in [0.3, 0.4) is 0 Å². The van der Waals surface area contributed by atoms with E-state index in [1.54, 1.807) is 0 Å². The van der Waals surface area contributed by atoms with E-state index in [9.17, 15) is 8.42 Å². The Morgan fingerprint density at radius 1 is 1.38 bits per heavy atom. The van der Waals surface area contributed by atoms with Gasteiger partial charge in [-0.15, -0.1) is 4.83 Å². The zero-order chi connectivity index (χ0) is 9.90. The number of hydrogen-bond donors (Lipinski definition) is 3. The maximum atomic E-state index is 11.4. The molecule has 1 aliphatic rings. The topological polar surface area (TPSA) is 87.5 Å². The molecule has 0 aromatic rings. The molecule has 4 N–H and O–H groups in total. The van der Waals surface area contributed by atoms with Crippen molar-refractivity contribution in [3.05, 3.63) is 0 Å². The molecule has 0 unspecified atom stereocenters. The lowest BCUT2D eigenvalue weighted by Gasteiger charge is -2.16. The first-order chi connectivity index (χ1) is 6.02. The predicted molar refractivity (Wildman–Crippen MR) is 52.8 cm³/mol. The van der Waals surface area contributed by atoms with Gasteiger partial charge in [0, 0.05) is 13.1 Å².